The van der Waals surface area contributed by atoms with Gasteiger partial charge in [0.15, 0.2) is 0 Å². The topological polar surface area (TPSA) is 85.3 Å². The van der Waals surface area contributed by atoms with Crippen molar-refractivity contribution in [2.24, 2.45) is 0 Å². The number of likely N-dealkylation sites (N-methyl/N-ethyl adjacent to an activating group) is 1. The molecule has 0 aromatic carbocycles. The first-order chi connectivity index (χ1) is 18.2. The van der Waals surface area contributed by atoms with Crippen LogP contribution in [-0.4, -0.2) is 59.0 Å². The van der Waals surface area contributed by atoms with Crippen molar-refractivity contribution in [3.8, 4) is 11.3 Å². The van der Waals surface area contributed by atoms with E-state index in [1.54, 1.807) is 44.9 Å². The SMILES string of the molecule is CCOC(=O)c1ccc(-c2ccc(C(F)(F)F)nc2)nc1C.CN(C)CC(=C=O)c1ccc(C(F)(F)F)nc1. The first-order valence-corrected chi connectivity index (χ1v) is 11.3. The van der Waals surface area contributed by atoms with Gasteiger partial charge in [0.25, 0.3) is 0 Å². The predicted molar refractivity (Wildman–Crippen MR) is 130 cm³/mol. The first-order valence-electron chi connectivity index (χ1n) is 11.3. The van der Waals surface area contributed by atoms with E-state index >= 15 is 0 Å². The van der Waals surface area contributed by atoms with E-state index in [0.29, 0.717) is 34.6 Å². The number of pyridine rings is 3. The van der Waals surface area contributed by atoms with Crippen LogP contribution in [-0.2, 0) is 21.9 Å². The van der Waals surface area contributed by atoms with Gasteiger partial charge < -0.3 is 9.64 Å². The van der Waals surface area contributed by atoms with E-state index in [9.17, 15) is 35.9 Å². The molecule has 0 amide bonds. The molecule has 3 aromatic heterocycles. The fraction of sp³-hybridized carbons (Fsp3) is 0.308. The summed E-state index contributed by atoms with van der Waals surface area (Å²) in [5.74, 6) is 1.23. The molecular weight excluding hydrogens is 530 g/mol. The number of rotatable bonds is 6. The van der Waals surface area contributed by atoms with E-state index in [1.165, 1.54) is 18.2 Å². The van der Waals surface area contributed by atoms with Gasteiger partial charge >= 0.3 is 18.3 Å². The summed E-state index contributed by atoms with van der Waals surface area (Å²) >= 11 is 0. The van der Waals surface area contributed by atoms with Crippen LogP contribution in [0.15, 0.2) is 48.8 Å². The van der Waals surface area contributed by atoms with E-state index in [2.05, 4.69) is 15.0 Å². The van der Waals surface area contributed by atoms with Gasteiger partial charge in [0.05, 0.1) is 29.1 Å². The summed E-state index contributed by atoms with van der Waals surface area (Å²) in [6.45, 7) is 3.88. The molecule has 0 unspecified atom stereocenters. The number of hydrogen-bond acceptors (Lipinski definition) is 7. The average molecular weight is 554 g/mol. The lowest BCUT2D eigenvalue weighted by Gasteiger charge is -2.11. The summed E-state index contributed by atoms with van der Waals surface area (Å²) < 4.78 is 79.1. The second-order valence-electron chi connectivity index (χ2n) is 8.23. The molecule has 0 fully saturated rings. The van der Waals surface area contributed by atoms with E-state index in [4.69, 9.17) is 4.74 Å². The maximum atomic E-state index is 12.5. The molecule has 0 aliphatic rings. The van der Waals surface area contributed by atoms with Gasteiger partial charge in [-0.15, -0.1) is 0 Å². The molecule has 0 saturated carbocycles. The highest BCUT2D eigenvalue weighted by Crippen LogP contribution is 2.29. The van der Waals surface area contributed by atoms with Gasteiger partial charge in [0.1, 0.15) is 17.3 Å². The summed E-state index contributed by atoms with van der Waals surface area (Å²) in [4.78, 5) is 35.0. The molecule has 0 atom stereocenters. The van der Waals surface area contributed by atoms with Gasteiger partial charge in [-0.25, -0.2) is 9.59 Å². The lowest BCUT2D eigenvalue weighted by molar-refractivity contribution is -0.141. The molecule has 7 nitrogen and oxygen atoms in total. The van der Waals surface area contributed by atoms with Crippen molar-refractivity contribution in [2.75, 3.05) is 27.2 Å². The standard InChI is InChI=1S/C15H13F3N2O2.C11H11F3N2O/c1-3-22-14(21)11-5-6-12(20-9(11)2)10-4-7-13(19-8-10)15(16,17)18;1-16(2)6-9(7-17)8-3-4-10(15-5-8)11(12,13)14/h4-8H,3H2,1-2H3;3-5H,6H2,1-2H3. The third kappa shape index (κ3) is 9.01. The van der Waals surface area contributed by atoms with Crippen LogP contribution in [0.5, 0.6) is 0 Å². The number of alkyl halides is 6. The number of hydrogen-bond donors (Lipinski definition) is 0. The van der Waals surface area contributed by atoms with Crippen molar-refractivity contribution in [3.63, 3.8) is 0 Å². The highest BCUT2D eigenvalue weighted by molar-refractivity contribution is 5.91. The Kier molecular flexibility index (Phi) is 10.5. The van der Waals surface area contributed by atoms with Crippen LogP contribution in [0, 0.1) is 6.92 Å². The van der Waals surface area contributed by atoms with E-state index < -0.39 is 29.7 Å². The molecule has 39 heavy (non-hydrogen) atoms. The Balaban J connectivity index is 0.000000283. The second-order valence-corrected chi connectivity index (χ2v) is 8.23. The van der Waals surface area contributed by atoms with Crippen LogP contribution in [0.1, 0.15) is 39.9 Å². The molecule has 0 bridgehead atoms. The van der Waals surface area contributed by atoms with Crippen molar-refractivity contribution < 1.29 is 40.7 Å². The van der Waals surface area contributed by atoms with Crippen molar-refractivity contribution in [1.82, 2.24) is 19.9 Å². The largest absolute Gasteiger partial charge is 0.462 e. The zero-order valence-electron chi connectivity index (χ0n) is 21.3. The average Bonchev–Trinajstić information content (AvgIpc) is 2.86. The van der Waals surface area contributed by atoms with Gasteiger partial charge in [-0.1, -0.05) is 6.07 Å². The number of ether oxygens (including phenoxy) is 1. The van der Waals surface area contributed by atoms with E-state index in [0.717, 1.165) is 24.5 Å². The number of aromatic nitrogens is 3. The third-order valence-electron chi connectivity index (χ3n) is 4.93. The fourth-order valence-electron chi connectivity index (χ4n) is 3.10. The van der Waals surface area contributed by atoms with Crippen LogP contribution in [0.2, 0.25) is 0 Å². The second kappa shape index (κ2) is 13.1. The first kappa shape index (κ1) is 31.1. The minimum atomic E-state index is -4.48. The molecule has 0 aliphatic carbocycles. The number of carbonyl (C=O) groups is 1. The van der Waals surface area contributed by atoms with Crippen molar-refractivity contribution >= 4 is 17.5 Å². The number of aryl methyl sites for hydroxylation is 1. The molecule has 0 radical (unpaired) electrons. The molecule has 0 spiro atoms. The normalized spacial score (nSPS) is 11.4. The van der Waals surface area contributed by atoms with Gasteiger partial charge in [0, 0.05) is 30.1 Å². The van der Waals surface area contributed by atoms with Crippen LogP contribution in [0.3, 0.4) is 0 Å². The minimum absolute atomic E-state index is 0.253. The highest BCUT2D eigenvalue weighted by atomic mass is 19.4. The zero-order chi connectivity index (χ0) is 29.4. The molecule has 208 valence electrons. The maximum absolute atomic E-state index is 12.5. The summed E-state index contributed by atoms with van der Waals surface area (Å²) in [5, 5.41) is 0. The molecule has 0 aliphatic heterocycles. The molecular formula is C26H24F6N4O3. The number of esters is 1. The Labute approximate surface area is 220 Å². The molecule has 0 saturated heterocycles. The Hall–Kier alpha value is -4.09. The van der Waals surface area contributed by atoms with E-state index in [1.807, 2.05) is 0 Å². The van der Waals surface area contributed by atoms with Gasteiger partial charge in [-0.05, 0) is 58.3 Å². The van der Waals surface area contributed by atoms with Crippen LogP contribution >= 0.6 is 0 Å². The Morgan fingerprint density at radius 2 is 1.51 bits per heavy atom. The molecule has 0 N–H and O–H groups in total. The van der Waals surface area contributed by atoms with Crippen molar-refractivity contribution in [2.45, 2.75) is 26.2 Å². The molecule has 3 rings (SSSR count). The van der Waals surface area contributed by atoms with Crippen LogP contribution in [0.4, 0.5) is 26.3 Å². The zero-order valence-corrected chi connectivity index (χ0v) is 21.3. The predicted octanol–water partition coefficient (Wildman–Crippen LogP) is 5.52. The quantitative estimate of drug-likeness (QED) is 0.225. The van der Waals surface area contributed by atoms with Crippen molar-refractivity contribution in [1.29, 1.82) is 0 Å². The Bertz CT molecular complexity index is 1320. The molecule has 3 aromatic rings. The Morgan fingerprint density at radius 1 is 0.923 bits per heavy atom. The van der Waals surface area contributed by atoms with Gasteiger partial charge in [-0.2, -0.15) is 26.3 Å². The van der Waals surface area contributed by atoms with Gasteiger partial charge in [-0.3, -0.25) is 15.0 Å². The molecule has 3 heterocycles. The lowest BCUT2D eigenvalue weighted by Crippen LogP contribution is -2.15. The number of halogens is 6. The van der Waals surface area contributed by atoms with Crippen molar-refractivity contribution in [3.05, 3.63) is 77.0 Å². The lowest BCUT2D eigenvalue weighted by atomic mass is 10.1. The van der Waals surface area contributed by atoms with Crippen LogP contribution in [0.25, 0.3) is 16.8 Å². The summed E-state index contributed by atoms with van der Waals surface area (Å²) in [5.41, 5.74) is 0.324. The fourth-order valence-corrected chi connectivity index (χ4v) is 3.10. The smallest absolute Gasteiger partial charge is 0.433 e. The minimum Gasteiger partial charge on any atom is -0.462 e. The summed E-state index contributed by atoms with van der Waals surface area (Å²) in [6, 6.07) is 7.34. The number of nitrogens with zero attached hydrogens (tertiary/aromatic N) is 4. The summed E-state index contributed by atoms with van der Waals surface area (Å²) in [7, 11) is 3.49. The van der Waals surface area contributed by atoms with Crippen LogP contribution < -0.4 is 0 Å². The highest BCUT2D eigenvalue weighted by Gasteiger charge is 2.33. The van der Waals surface area contributed by atoms with Gasteiger partial charge in [0.2, 0.25) is 0 Å². The third-order valence-corrected chi connectivity index (χ3v) is 4.93. The molecule has 13 heteroatoms. The van der Waals surface area contributed by atoms with E-state index in [-0.39, 0.29) is 12.2 Å². The summed E-state index contributed by atoms with van der Waals surface area (Å²) in [6.07, 6.45) is -6.80. The Morgan fingerprint density at radius 3 is 1.92 bits per heavy atom. The monoisotopic (exact) mass is 554 g/mol. The maximum Gasteiger partial charge on any atom is 0.433 e. The number of carbonyl (C=O) groups excluding carboxylic acids is 2.